The molecule has 0 bridgehead atoms. The number of carbonyl (C=O) groups excluding carboxylic acids is 1. The molecule has 0 N–H and O–H groups in total. The Morgan fingerprint density at radius 1 is 1.07 bits per heavy atom. The second-order valence-corrected chi connectivity index (χ2v) is 8.99. The Morgan fingerprint density at radius 2 is 1.83 bits per heavy atom. The van der Waals surface area contributed by atoms with Gasteiger partial charge in [-0.25, -0.2) is 14.8 Å². The van der Waals surface area contributed by atoms with E-state index < -0.39 is 5.60 Å². The van der Waals surface area contributed by atoms with Gasteiger partial charge in [0, 0.05) is 32.6 Å². The molecule has 1 amide bonds. The molecule has 3 rings (SSSR count). The molecule has 0 spiro atoms. The van der Waals surface area contributed by atoms with Crippen molar-refractivity contribution >= 4 is 34.2 Å². The number of benzene rings is 1. The van der Waals surface area contributed by atoms with Gasteiger partial charge in [-0.05, 0) is 50.8 Å². The van der Waals surface area contributed by atoms with E-state index in [2.05, 4.69) is 4.90 Å². The molecule has 3 aromatic rings. The number of amides is 1. The van der Waals surface area contributed by atoms with Crippen molar-refractivity contribution in [3.63, 3.8) is 0 Å². The van der Waals surface area contributed by atoms with Crippen LogP contribution < -0.4 is 4.90 Å². The van der Waals surface area contributed by atoms with Gasteiger partial charge in [0.05, 0.1) is 10.4 Å². The van der Waals surface area contributed by atoms with Gasteiger partial charge < -0.3 is 14.5 Å². The van der Waals surface area contributed by atoms with Crippen molar-refractivity contribution in [2.75, 3.05) is 32.1 Å². The zero-order chi connectivity index (χ0) is 21.0. The van der Waals surface area contributed by atoms with Gasteiger partial charge in [0.1, 0.15) is 11.4 Å². The number of hydrogen-bond acceptors (Lipinski definition) is 6. The van der Waals surface area contributed by atoms with Crippen LogP contribution in [0.5, 0.6) is 0 Å². The molecule has 2 heterocycles. The molecule has 6 nitrogen and oxygen atoms in total. The zero-order valence-corrected chi connectivity index (χ0v) is 18.5. The number of rotatable bonds is 6. The first kappa shape index (κ1) is 21.0. The molecule has 0 atom stereocenters. The normalized spacial score (nSPS) is 11.5. The molecule has 0 aliphatic carbocycles. The van der Waals surface area contributed by atoms with E-state index in [4.69, 9.17) is 14.7 Å². The highest BCUT2D eigenvalue weighted by Gasteiger charge is 2.19. The third-order valence-corrected chi connectivity index (χ3v) is 5.24. The number of fused-ring (bicyclic) bond motifs is 1. The van der Waals surface area contributed by atoms with E-state index >= 15 is 0 Å². The Kier molecular flexibility index (Phi) is 6.37. The third-order valence-electron chi connectivity index (χ3n) is 4.38. The number of anilines is 1. The number of ether oxygens (including phenoxy) is 1. The molecule has 7 heteroatoms. The lowest BCUT2D eigenvalue weighted by Crippen LogP contribution is -2.35. The molecular weight excluding hydrogens is 384 g/mol. The maximum atomic E-state index is 12.1. The van der Waals surface area contributed by atoms with Gasteiger partial charge in [0.15, 0.2) is 5.82 Å². The van der Waals surface area contributed by atoms with Crippen LogP contribution >= 0.6 is 11.3 Å². The number of carbonyl (C=O) groups is 1. The van der Waals surface area contributed by atoms with Crippen LogP contribution in [0.2, 0.25) is 0 Å². The van der Waals surface area contributed by atoms with E-state index in [1.54, 1.807) is 23.3 Å². The average molecular weight is 413 g/mol. The summed E-state index contributed by atoms with van der Waals surface area (Å²) in [7, 11) is 3.80. The van der Waals surface area contributed by atoms with Crippen molar-refractivity contribution in [2.45, 2.75) is 32.8 Å². The fourth-order valence-corrected chi connectivity index (χ4v) is 3.61. The summed E-state index contributed by atoms with van der Waals surface area (Å²) in [5.74, 6) is 1.64. The summed E-state index contributed by atoms with van der Waals surface area (Å²) in [5, 5.41) is 3.06. The molecule has 0 unspecified atom stereocenters. The summed E-state index contributed by atoms with van der Waals surface area (Å²) >= 11 is 1.63. The first-order valence-electron chi connectivity index (χ1n) is 9.70. The number of aromatic nitrogens is 2. The first-order valence-corrected chi connectivity index (χ1v) is 10.6. The molecule has 0 saturated heterocycles. The van der Waals surface area contributed by atoms with E-state index in [1.807, 2.05) is 69.6 Å². The lowest BCUT2D eigenvalue weighted by Gasteiger charge is -2.26. The summed E-state index contributed by atoms with van der Waals surface area (Å²) in [6, 6.07) is 12.1. The quantitative estimate of drug-likeness (QED) is 0.567. The fraction of sp³-hybridized carbons (Fsp3) is 0.409. The van der Waals surface area contributed by atoms with E-state index in [9.17, 15) is 4.79 Å². The van der Waals surface area contributed by atoms with Crippen molar-refractivity contribution in [3.05, 3.63) is 41.8 Å². The van der Waals surface area contributed by atoms with E-state index in [0.29, 0.717) is 6.54 Å². The van der Waals surface area contributed by atoms with Gasteiger partial charge in [0.25, 0.3) is 0 Å². The highest BCUT2D eigenvalue weighted by Crippen LogP contribution is 2.29. The minimum absolute atomic E-state index is 0.298. The van der Waals surface area contributed by atoms with Gasteiger partial charge in [0.2, 0.25) is 0 Å². The van der Waals surface area contributed by atoms with Crippen LogP contribution in [-0.4, -0.2) is 53.7 Å². The van der Waals surface area contributed by atoms with E-state index in [1.165, 1.54) is 0 Å². The second kappa shape index (κ2) is 8.78. The van der Waals surface area contributed by atoms with Crippen LogP contribution in [0.4, 0.5) is 10.6 Å². The van der Waals surface area contributed by atoms with Crippen molar-refractivity contribution in [3.8, 4) is 10.7 Å². The number of para-hydroxylation sites is 1. The fourth-order valence-electron chi connectivity index (χ4n) is 2.95. The topological polar surface area (TPSA) is 58.6 Å². The summed E-state index contributed by atoms with van der Waals surface area (Å²) in [5.41, 5.74) is 0.443. The molecule has 2 aromatic heterocycles. The van der Waals surface area contributed by atoms with Gasteiger partial charge in [-0.2, -0.15) is 0 Å². The van der Waals surface area contributed by atoms with Crippen LogP contribution in [0.25, 0.3) is 21.6 Å². The molecule has 0 aliphatic heterocycles. The Bertz CT molecular complexity index is 967. The molecule has 0 aliphatic rings. The van der Waals surface area contributed by atoms with Crippen LogP contribution in [-0.2, 0) is 4.74 Å². The molecule has 154 valence electrons. The predicted molar refractivity (Wildman–Crippen MR) is 120 cm³/mol. The molecular formula is C22H28N4O2S. The van der Waals surface area contributed by atoms with Crippen molar-refractivity contribution < 1.29 is 9.53 Å². The molecule has 29 heavy (non-hydrogen) atoms. The Hall–Kier alpha value is -2.67. The van der Waals surface area contributed by atoms with Gasteiger partial charge in [-0.3, -0.25) is 0 Å². The smallest absolute Gasteiger partial charge is 0.410 e. The highest BCUT2D eigenvalue weighted by molar-refractivity contribution is 7.13. The number of nitrogens with zero attached hydrogens (tertiary/aromatic N) is 4. The predicted octanol–water partition coefficient (Wildman–Crippen LogP) is 5.05. The zero-order valence-electron chi connectivity index (χ0n) is 17.7. The Balaban J connectivity index is 1.72. The van der Waals surface area contributed by atoms with Crippen LogP contribution in [0.3, 0.4) is 0 Å². The van der Waals surface area contributed by atoms with Crippen molar-refractivity contribution in [1.29, 1.82) is 0 Å². The highest BCUT2D eigenvalue weighted by atomic mass is 32.1. The number of thiophene rings is 1. The summed E-state index contributed by atoms with van der Waals surface area (Å²) < 4.78 is 5.41. The van der Waals surface area contributed by atoms with Gasteiger partial charge in [-0.15, -0.1) is 11.3 Å². The lowest BCUT2D eigenvalue weighted by molar-refractivity contribution is 0.0298. The third kappa shape index (κ3) is 5.44. The van der Waals surface area contributed by atoms with Gasteiger partial charge >= 0.3 is 6.09 Å². The minimum atomic E-state index is -0.486. The van der Waals surface area contributed by atoms with Crippen molar-refractivity contribution in [2.24, 2.45) is 0 Å². The van der Waals surface area contributed by atoms with Crippen LogP contribution in [0.1, 0.15) is 27.2 Å². The second-order valence-electron chi connectivity index (χ2n) is 8.04. The SMILES string of the molecule is CN(CCCN(C)c1nc(-c2cccs2)nc2ccccc12)C(=O)OC(C)(C)C. The summed E-state index contributed by atoms with van der Waals surface area (Å²) in [6.07, 6.45) is 0.506. The maximum Gasteiger partial charge on any atom is 0.410 e. The van der Waals surface area contributed by atoms with Crippen molar-refractivity contribution in [1.82, 2.24) is 14.9 Å². The minimum Gasteiger partial charge on any atom is -0.444 e. The standard InChI is InChI=1S/C22H28N4O2S/c1-22(2,3)28-21(27)26(5)14-9-13-25(4)20-16-10-6-7-11-17(16)23-19(24-20)18-12-8-15-29-18/h6-8,10-12,15H,9,13-14H2,1-5H3. The number of hydrogen-bond donors (Lipinski definition) is 0. The average Bonchev–Trinajstić information content (AvgIpc) is 3.20. The van der Waals surface area contributed by atoms with Crippen LogP contribution in [0, 0.1) is 0 Å². The summed E-state index contributed by atoms with van der Waals surface area (Å²) in [4.78, 5) is 26.5. The summed E-state index contributed by atoms with van der Waals surface area (Å²) in [6.45, 7) is 6.99. The van der Waals surface area contributed by atoms with Gasteiger partial charge in [-0.1, -0.05) is 18.2 Å². The first-order chi connectivity index (χ1) is 13.7. The molecule has 0 saturated carbocycles. The molecule has 0 radical (unpaired) electrons. The van der Waals surface area contributed by atoms with E-state index in [-0.39, 0.29) is 6.09 Å². The van der Waals surface area contributed by atoms with E-state index in [0.717, 1.165) is 40.4 Å². The molecule has 1 aromatic carbocycles. The van der Waals surface area contributed by atoms with Crippen LogP contribution in [0.15, 0.2) is 41.8 Å². The maximum absolute atomic E-state index is 12.1. The molecule has 0 fully saturated rings. The monoisotopic (exact) mass is 412 g/mol. The lowest BCUT2D eigenvalue weighted by atomic mass is 10.2. The Morgan fingerprint density at radius 3 is 2.52 bits per heavy atom. The Labute approximate surface area is 176 Å². The largest absolute Gasteiger partial charge is 0.444 e.